The molecule has 2 aliphatic rings. The van der Waals surface area contributed by atoms with Crippen molar-refractivity contribution < 1.29 is 0 Å². The summed E-state index contributed by atoms with van der Waals surface area (Å²) in [4.78, 5) is 2.61. The van der Waals surface area contributed by atoms with Gasteiger partial charge in [0.05, 0.1) is 0 Å². The van der Waals surface area contributed by atoms with Crippen molar-refractivity contribution in [1.29, 1.82) is 0 Å². The summed E-state index contributed by atoms with van der Waals surface area (Å²) in [6.07, 6.45) is 2.73. The van der Waals surface area contributed by atoms with Crippen LogP contribution < -0.4 is 10.6 Å². The molecule has 2 fully saturated rings. The monoisotopic (exact) mass is 183 g/mol. The van der Waals surface area contributed by atoms with Crippen molar-refractivity contribution in [3.05, 3.63) is 0 Å². The van der Waals surface area contributed by atoms with Crippen LogP contribution in [-0.2, 0) is 0 Å². The van der Waals surface area contributed by atoms with E-state index in [9.17, 15) is 0 Å². The Labute approximate surface area is 80.9 Å². The molecule has 2 rings (SSSR count). The predicted molar refractivity (Wildman–Crippen MR) is 54.9 cm³/mol. The SMILES string of the molecule is CC(C1CCCN1)N1CCNCC1. The van der Waals surface area contributed by atoms with Gasteiger partial charge in [-0.15, -0.1) is 0 Å². The molecule has 0 radical (unpaired) electrons. The Morgan fingerprint density at radius 2 is 2.00 bits per heavy atom. The lowest BCUT2D eigenvalue weighted by Gasteiger charge is -2.36. The molecule has 0 aromatic carbocycles. The third-order valence-electron chi connectivity index (χ3n) is 3.41. The largest absolute Gasteiger partial charge is 0.314 e. The average Bonchev–Trinajstić information content (AvgIpc) is 2.71. The molecule has 0 bridgehead atoms. The predicted octanol–water partition coefficient (Wildman–Crippen LogP) is 0.0321. The van der Waals surface area contributed by atoms with E-state index in [2.05, 4.69) is 22.5 Å². The van der Waals surface area contributed by atoms with Crippen LogP contribution in [0, 0.1) is 0 Å². The Kier molecular flexibility index (Phi) is 3.19. The quantitative estimate of drug-likeness (QED) is 0.632. The highest BCUT2D eigenvalue weighted by Crippen LogP contribution is 2.14. The number of hydrogen-bond donors (Lipinski definition) is 2. The molecule has 2 atom stereocenters. The van der Waals surface area contributed by atoms with Gasteiger partial charge in [0, 0.05) is 38.3 Å². The van der Waals surface area contributed by atoms with Gasteiger partial charge in [-0.05, 0) is 26.3 Å². The molecular weight excluding hydrogens is 162 g/mol. The van der Waals surface area contributed by atoms with Gasteiger partial charge in [-0.3, -0.25) is 4.90 Å². The average molecular weight is 183 g/mol. The second kappa shape index (κ2) is 4.40. The van der Waals surface area contributed by atoms with E-state index in [0.29, 0.717) is 0 Å². The molecule has 0 aromatic heterocycles. The summed E-state index contributed by atoms with van der Waals surface area (Å²) in [5.74, 6) is 0. The van der Waals surface area contributed by atoms with E-state index >= 15 is 0 Å². The van der Waals surface area contributed by atoms with E-state index in [1.54, 1.807) is 0 Å². The highest BCUT2D eigenvalue weighted by atomic mass is 15.2. The second-order valence-corrected chi connectivity index (χ2v) is 4.23. The molecule has 76 valence electrons. The topological polar surface area (TPSA) is 27.3 Å². The lowest BCUT2D eigenvalue weighted by molar-refractivity contribution is 0.156. The van der Waals surface area contributed by atoms with E-state index in [4.69, 9.17) is 0 Å². The van der Waals surface area contributed by atoms with E-state index in [1.807, 2.05) is 0 Å². The van der Waals surface area contributed by atoms with Gasteiger partial charge >= 0.3 is 0 Å². The van der Waals surface area contributed by atoms with Crippen LogP contribution >= 0.6 is 0 Å². The number of piperazine rings is 1. The second-order valence-electron chi connectivity index (χ2n) is 4.23. The summed E-state index contributed by atoms with van der Waals surface area (Å²) in [5.41, 5.74) is 0. The zero-order chi connectivity index (χ0) is 9.10. The first-order valence-electron chi connectivity index (χ1n) is 5.56. The molecule has 2 saturated heterocycles. The molecule has 0 amide bonds. The standard InChI is InChI=1S/C10H21N3/c1-9(10-3-2-4-12-10)13-7-5-11-6-8-13/h9-12H,2-8H2,1H3. The Hall–Kier alpha value is -0.120. The summed E-state index contributed by atoms with van der Waals surface area (Å²) in [6, 6.07) is 1.47. The maximum absolute atomic E-state index is 3.59. The van der Waals surface area contributed by atoms with Crippen LogP contribution in [0.4, 0.5) is 0 Å². The van der Waals surface area contributed by atoms with Crippen LogP contribution in [0.5, 0.6) is 0 Å². The van der Waals surface area contributed by atoms with Gasteiger partial charge in [0.25, 0.3) is 0 Å². The summed E-state index contributed by atoms with van der Waals surface area (Å²) in [6.45, 7) is 8.36. The maximum atomic E-state index is 3.59. The lowest BCUT2D eigenvalue weighted by Crippen LogP contribution is -2.53. The summed E-state index contributed by atoms with van der Waals surface area (Å²) < 4.78 is 0. The van der Waals surface area contributed by atoms with Gasteiger partial charge in [-0.2, -0.15) is 0 Å². The molecule has 2 aliphatic heterocycles. The lowest BCUT2D eigenvalue weighted by atomic mass is 10.1. The number of hydrogen-bond acceptors (Lipinski definition) is 3. The van der Waals surface area contributed by atoms with Crippen molar-refractivity contribution in [3.63, 3.8) is 0 Å². The van der Waals surface area contributed by atoms with Crippen molar-refractivity contribution in [1.82, 2.24) is 15.5 Å². The molecule has 2 N–H and O–H groups in total. The highest BCUT2D eigenvalue weighted by molar-refractivity contribution is 4.86. The van der Waals surface area contributed by atoms with E-state index in [0.717, 1.165) is 25.2 Å². The molecule has 3 heteroatoms. The molecule has 13 heavy (non-hydrogen) atoms. The number of rotatable bonds is 2. The first kappa shape index (κ1) is 9.44. The molecule has 2 heterocycles. The zero-order valence-corrected chi connectivity index (χ0v) is 8.55. The normalized spacial score (nSPS) is 33.5. The van der Waals surface area contributed by atoms with Gasteiger partial charge < -0.3 is 10.6 Å². The van der Waals surface area contributed by atoms with Crippen LogP contribution in [0.15, 0.2) is 0 Å². The van der Waals surface area contributed by atoms with Crippen molar-refractivity contribution in [2.75, 3.05) is 32.7 Å². The van der Waals surface area contributed by atoms with Gasteiger partial charge in [0.2, 0.25) is 0 Å². The van der Waals surface area contributed by atoms with Gasteiger partial charge in [0.15, 0.2) is 0 Å². The maximum Gasteiger partial charge on any atom is 0.0222 e. The third-order valence-corrected chi connectivity index (χ3v) is 3.41. The van der Waals surface area contributed by atoms with E-state index < -0.39 is 0 Å². The minimum atomic E-state index is 0.726. The molecular formula is C10H21N3. The van der Waals surface area contributed by atoms with Crippen LogP contribution in [0.3, 0.4) is 0 Å². The minimum absolute atomic E-state index is 0.726. The van der Waals surface area contributed by atoms with Crippen LogP contribution in [0.1, 0.15) is 19.8 Å². The van der Waals surface area contributed by atoms with Crippen molar-refractivity contribution in [2.24, 2.45) is 0 Å². The zero-order valence-electron chi connectivity index (χ0n) is 8.55. The fraction of sp³-hybridized carbons (Fsp3) is 1.00. The molecule has 0 spiro atoms. The first-order valence-corrected chi connectivity index (χ1v) is 5.56. The Morgan fingerprint density at radius 3 is 2.62 bits per heavy atom. The Morgan fingerprint density at radius 1 is 1.23 bits per heavy atom. The summed E-state index contributed by atoms with van der Waals surface area (Å²) in [5, 5.41) is 6.99. The third kappa shape index (κ3) is 2.22. The molecule has 2 unspecified atom stereocenters. The summed E-state index contributed by atoms with van der Waals surface area (Å²) in [7, 11) is 0. The minimum Gasteiger partial charge on any atom is -0.314 e. The fourth-order valence-electron chi connectivity index (χ4n) is 2.47. The van der Waals surface area contributed by atoms with Crippen LogP contribution in [0.2, 0.25) is 0 Å². The van der Waals surface area contributed by atoms with E-state index in [1.165, 1.54) is 32.5 Å². The number of nitrogens with zero attached hydrogens (tertiary/aromatic N) is 1. The van der Waals surface area contributed by atoms with Crippen LogP contribution in [0.25, 0.3) is 0 Å². The molecule has 0 aliphatic carbocycles. The van der Waals surface area contributed by atoms with Crippen molar-refractivity contribution >= 4 is 0 Å². The Bertz CT molecular complexity index is 148. The van der Waals surface area contributed by atoms with Gasteiger partial charge in [-0.25, -0.2) is 0 Å². The first-order chi connectivity index (χ1) is 6.38. The highest BCUT2D eigenvalue weighted by Gasteiger charge is 2.26. The Balaban J connectivity index is 1.83. The molecule has 3 nitrogen and oxygen atoms in total. The van der Waals surface area contributed by atoms with Crippen LogP contribution in [-0.4, -0.2) is 49.7 Å². The van der Waals surface area contributed by atoms with E-state index in [-0.39, 0.29) is 0 Å². The summed E-state index contributed by atoms with van der Waals surface area (Å²) >= 11 is 0. The molecule has 0 saturated carbocycles. The smallest absolute Gasteiger partial charge is 0.0222 e. The van der Waals surface area contributed by atoms with Crippen molar-refractivity contribution in [3.8, 4) is 0 Å². The van der Waals surface area contributed by atoms with Gasteiger partial charge in [0.1, 0.15) is 0 Å². The molecule has 0 aromatic rings. The number of nitrogens with one attached hydrogen (secondary N) is 2. The van der Waals surface area contributed by atoms with Gasteiger partial charge in [-0.1, -0.05) is 0 Å². The van der Waals surface area contributed by atoms with Crippen molar-refractivity contribution in [2.45, 2.75) is 31.8 Å². The fourth-order valence-corrected chi connectivity index (χ4v) is 2.47.